The molecule has 142 valence electrons. The number of hydrogen-bond donors (Lipinski definition) is 1. The number of anilines is 1. The van der Waals surface area contributed by atoms with Crippen LogP contribution in [0.5, 0.6) is 0 Å². The molecule has 1 unspecified atom stereocenters. The molecule has 0 aromatic heterocycles. The van der Waals surface area contributed by atoms with E-state index in [1.54, 1.807) is 31.2 Å². The Balaban J connectivity index is 2.26. The number of alkyl halides is 6. The average molecular weight is 377 g/mol. The second-order valence-electron chi connectivity index (χ2n) is 5.97. The summed E-state index contributed by atoms with van der Waals surface area (Å²) in [6, 6.07) is 10.8. The highest BCUT2D eigenvalue weighted by Crippen LogP contribution is 2.30. The third-order valence-electron chi connectivity index (χ3n) is 3.79. The fourth-order valence-electron chi connectivity index (χ4n) is 2.42. The Bertz CT molecular complexity index is 724. The Labute approximate surface area is 146 Å². The van der Waals surface area contributed by atoms with Gasteiger partial charge in [-0.15, -0.1) is 0 Å². The molecule has 0 heterocycles. The van der Waals surface area contributed by atoms with Crippen molar-refractivity contribution in [3.05, 3.63) is 65.2 Å². The molecule has 26 heavy (non-hydrogen) atoms. The topological polar surface area (TPSA) is 23.5 Å². The second-order valence-corrected chi connectivity index (χ2v) is 5.97. The van der Waals surface area contributed by atoms with Crippen LogP contribution in [-0.2, 0) is 12.7 Å². The van der Waals surface area contributed by atoms with Gasteiger partial charge >= 0.3 is 12.4 Å². The quantitative estimate of drug-likeness (QED) is 0.746. The van der Waals surface area contributed by atoms with Gasteiger partial charge in [0.1, 0.15) is 0 Å². The maximum atomic E-state index is 12.7. The van der Waals surface area contributed by atoms with Crippen LogP contribution in [0, 0.1) is 6.92 Å². The number of aryl methyl sites for hydroxylation is 1. The highest BCUT2D eigenvalue weighted by Gasteiger charge is 2.39. The lowest BCUT2D eigenvalue weighted by Gasteiger charge is -2.28. The Morgan fingerprint density at radius 3 is 2.08 bits per heavy atom. The van der Waals surface area contributed by atoms with Crippen LogP contribution in [0.2, 0.25) is 0 Å². The van der Waals surface area contributed by atoms with Gasteiger partial charge in [0.25, 0.3) is 0 Å². The normalized spacial score (nSPS) is 13.5. The van der Waals surface area contributed by atoms with Gasteiger partial charge in [-0.1, -0.05) is 24.3 Å². The Morgan fingerprint density at radius 2 is 1.58 bits per heavy atom. The van der Waals surface area contributed by atoms with E-state index in [-0.39, 0.29) is 6.54 Å². The average Bonchev–Trinajstić information content (AvgIpc) is 2.53. The van der Waals surface area contributed by atoms with Crippen molar-refractivity contribution in [1.82, 2.24) is 0 Å². The number of aliphatic hydroxyl groups excluding tert-OH is 1. The molecule has 0 aliphatic heterocycles. The van der Waals surface area contributed by atoms with E-state index in [0.29, 0.717) is 11.3 Å². The number of nitrogens with zero attached hydrogens (tertiary/aromatic N) is 1. The van der Waals surface area contributed by atoms with Crippen LogP contribution in [0.1, 0.15) is 16.7 Å². The molecular weight excluding hydrogens is 360 g/mol. The summed E-state index contributed by atoms with van der Waals surface area (Å²) in [5.41, 5.74) is 0.808. The van der Waals surface area contributed by atoms with Gasteiger partial charge in [0.2, 0.25) is 0 Å². The number of aliphatic hydroxyl groups is 1. The summed E-state index contributed by atoms with van der Waals surface area (Å²) >= 11 is 0. The van der Waals surface area contributed by atoms with Gasteiger partial charge < -0.3 is 10.0 Å². The lowest BCUT2D eigenvalue weighted by Crippen LogP contribution is -2.40. The SMILES string of the molecule is Cc1cccc(N(Cc2ccc(C(F)(F)F)cc2)CC(O)C(F)(F)F)c1. The van der Waals surface area contributed by atoms with E-state index in [1.807, 2.05) is 0 Å². The minimum atomic E-state index is -4.79. The summed E-state index contributed by atoms with van der Waals surface area (Å²) < 4.78 is 76.1. The molecule has 0 saturated carbocycles. The molecule has 8 heteroatoms. The maximum absolute atomic E-state index is 12.7. The Hall–Kier alpha value is -2.22. The van der Waals surface area contributed by atoms with Crippen molar-refractivity contribution in [2.45, 2.75) is 31.9 Å². The first kappa shape index (κ1) is 20.1. The summed E-state index contributed by atoms with van der Waals surface area (Å²) in [4.78, 5) is 1.29. The zero-order chi connectivity index (χ0) is 19.5. The van der Waals surface area contributed by atoms with Crippen LogP contribution in [0.3, 0.4) is 0 Å². The zero-order valence-electron chi connectivity index (χ0n) is 13.8. The van der Waals surface area contributed by atoms with Gasteiger partial charge in [-0.2, -0.15) is 26.3 Å². The molecule has 1 atom stereocenters. The van der Waals surface area contributed by atoms with Gasteiger partial charge in [0.15, 0.2) is 6.10 Å². The largest absolute Gasteiger partial charge is 0.416 e. The van der Waals surface area contributed by atoms with Crippen LogP contribution < -0.4 is 4.90 Å². The minimum absolute atomic E-state index is 0.0747. The van der Waals surface area contributed by atoms with E-state index < -0.39 is 30.6 Å². The molecule has 0 aliphatic carbocycles. The van der Waals surface area contributed by atoms with Crippen LogP contribution in [-0.4, -0.2) is 23.9 Å². The van der Waals surface area contributed by atoms with Crippen LogP contribution >= 0.6 is 0 Å². The molecule has 0 saturated heterocycles. The predicted molar refractivity (Wildman–Crippen MR) is 85.7 cm³/mol. The summed E-state index contributed by atoms with van der Waals surface area (Å²) in [6.45, 7) is 0.961. The van der Waals surface area contributed by atoms with Crippen LogP contribution in [0.4, 0.5) is 32.0 Å². The molecule has 2 aromatic carbocycles. The van der Waals surface area contributed by atoms with Gasteiger partial charge in [0.05, 0.1) is 12.1 Å². The summed E-state index contributed by atoms with van der Waals surface area (Å²) in [5.74, 6) is 0. The number of halogens is 6. The molecular formula is C18H17F6NO. The van der Waals surface area contributed by atoms with Crippen molar-refractivity contribution in [3.8, 4) is 0 Å². The summed E-state index contributed by atoms with van der Waals surface area (Å²) in [6.07, 6.45) is -11.8. The van der Waals surface area contributed by atoms with Gasteiger partial charge in [-0.3, -0.25) is 0 Å². The van der Waals surface area contributed by atoms with Crippen LogP contribution in [0.25, 0.3) is 0 Å². The molecule has 1 N–H and O–H groups in total. The molecule has 2 nitrogen and oxygen atoms in total. The summed E-state index contributed by atoms with van der Waals surface area (Å²) in [5, 5.41) is 9.40. The fourth-order valence-corrected chi connectivity index (χ4v) is 2.42. The second kappa shape index (κ2) is 7.57. The van der Waals surface area contributed by atoms with Gasteiger partial charge in [0, 0.05) is 12.2 Å². The molecule has 0 bridgehead atoms. The third-order valence-corrected chi connectivity index (χ3v) is 3.79. The van der Waals surface area contributed by atoms with E-state index >= 15 is 0 Å². The van der Waals surface area contributed by atoms with Crippen molar-refractivity contribution in [2.75, 3.05) is 11.4 Å². The molecule has 2 aromatic rings. The van der Waals surface area contributed by atoms with E-state index in [9.17, 15) is 31.4 Å². The fraction of sp³-hybridized carbons (Fsp3) is 0.333. The van der Waals surface area contributed by atoms with Crippen molar-refractivity contribution in [2.24, 2.45) is 0 Å². The molecule has 0 radical (unpaired) electrons. The number of hydrogen-bond acceptors (Lipinski definition) is 2. The maximum Gasteiger partial charge on any atom is 0.416 e. The first-order chi connectivity index (χ1) is 12.0. The molecule has 0 spiro atoms. The highest BCUT2D eigenvalue weighted by molar-refractivity contribution is 5.49. The zero-order valence-corrected chi connectivity index (χ0v) is 13.8. The van der Waals surface area contributed by atoms with E-state index in [1.165, 1.54) is 17.0 Å². The van der Waals surface area contributed by atoms with Crippen molar-refractivity contribution in [3.63, 3.8) is 0 Å². The van der Waals surface area contributed by atoms with E-state index in [0.717, 1.165) is 17.7 Å². The molecule has 2 rings (SSSR count). The molecule has 0 amide bonds. The first-order valence-electron chi connectivity index (χ1n) is 7.69. The molecule has 0 aliphatic rings. The monoisotopic (exact) mass is 377 g/mol. The minimum Gasteiger partial charge on any atom is -0.382 e. The predicted octanol–water partition coefficient (Wildman–Crippen LogP) is 4.94. The Morgan fingerprint density at radius 1 is 0.962 bits per heavy atom. The standard InChI is InChI=1S/C18H17F6NO/c1-12-3-2-4-15(9-12)25(11-16(26)18(22,23)24)10-13-5-7-14(8-6-13)17(19,20)21/h2-9,16,26H,10-11H2,1H3. The van der Waals surface area contributed by atoms with Crippen LogP contribution in [0.15, 0.2) is 48.5 Å². The lowest BCUT2D eigenvalue weighted by atomic mass is 10.1. The lowest BCUT2D eigenvalue weighted by molar-refractivity contribution is -0.200. The third kappa shape index (κ3) is 5.39. The Kier molecular flexibility index (Phi) is 5.85. The van der Waals surface area contributed by atoms with E-state index in [2.05, 4.69) is 0 Å². The first-order valence-corrected chi connectivity index (χ1v) is 7.69. The van der Waals surface area contributed by atoms with Crippen molar-refractivity contribution < 1.29 is 31.4 Å². The van der Waals surface area contributed by atoms with Crippen molar-refractivity contribution in [1.29, 1.82) is 0 Å². The van der Waals surface area contributed by atoms with E-state index in [4.69, 9.17) is 0 Å². The number of rotatable bonds is 5. The number of benzene rings is 2. The van der Waals surface area contributed by atoms with Gasteiger partial charge in [-0.05, 0) is 42.3 Å². The van der Waals surface area contributed by atoms with Crippen molar-refractivity contribution >= 4 is 5.69 Å². The highest BCUT2D eigenvalue weighted by atomic mass is 19.4. The molecule has 0 fully saturated rings. The smallest absolute Gasteiger partial charge is 0.382 e. The summed E-state index contributed by atoms with van der Waals surface area (Å²) in [7, 11) is 0. The van der Waals surface area contributed by atoms with Gasteiger partial charge in [-0.25, -0.2) is 0 Å².